The predicted octanol–water partition coefficient (Wildman–Crippen LogP) is 2.71. The predicted molar refractivity (Wildman–Crippen MR) is 101 cm³/mol. The number of amides is 1. The van der Waals surface area contributed by atoms with Gasteiger partial charge in [-0.15, -0.1) is 11.3 Å². The van der Waals surface area contributed by atoms with Crippen LogP contribution in [0.15, 0.2) is 66.0 Å². The Morgan fingerprint density at radius 2 is 1.69 bits per heavy atom. The Bertz CT molecular complexity index is 878. The summed E-state index contributed by atoms with van der Waals surface area (Å²) in [5.74, 6) is -0.659. The highest BCUT2D eigenvalue weighted by Crippen LogP contribution is 2.22. The van der Waals surface area contributed by atoms with E-state index in [0.717, 1.165) is 11.3 Å². The molecule has 1 atom stereocenters. The number of aromatic nitrogens is 1. The smallest absolute Gasteiger partial charge is 0.251 e. The lowest BCUT2D eigenvalue weighted by Crippen LogP contribution is -2.44. The summed E-state index contributed by atoms with van der Waals surface area (Å²) in [4.78, 5) is 29.1. The van der Waals surface area contributed by atoms with Crippen molar-refractivity contribution in [2.24, 2.45) is 0 Å². The second kappa shape index (κ2) is 8.51. The molecule has 3 rings (SSSR count). The maximum Gasteiger partial charge on any atom is 0.251 e. The summed E-state index contributed by atoms with van der Waals surface area (Å²) in [6.45, 7) is -0.450. The summed E-state index contributed by atoms with van der Waals surface area (Å²) in [5.41, 5.74) is 2.24. The molecule has 0 aliphatic carbocycles. The monoisotopic (exact) mass is 366 g/mol. The fourth-order valence-corrected chi connectivity index (χ4v) is 3.28. The van der Waals surface area contributed by atoms with Crippen molar-refractivity contribution in [2.45, 2.75) is 12.5 Å². The van der Waals surface area contributed by atoms with Gasteiger partial charge in [0.15, 0.2) is 5.78 Å². The molecule has 1 amide bonds. The number of carbonyl (C=O) groups excluding carboxylic acids is 2. The molecule has 1 aromatic heterocycles. The number of Topliss-reactive ketones (excluding diaryl/α,β-unsaturated/α-hetero) is 1. The van der Waals surface area contributed by atoms with Crippen molar-refractivity contribution >= 4 is 23.0 Å². The summed E-state index contributed by atoms with van der Waals surface area (Å²) >= 11 is 1.39. The number of aliphatic hydroxyl groups is 1. The van der Waals surface area contributed by atoms with Gasteiger partial charge in [-0.2, -0.15) is 0 Å². The largest absolute Gasteiger partial charge is 0.394 e. The Kier molecular flexibility index (Phi) is 5.88. The minimum atomic E-state index is -0.952. The van der Waals surface area contributed by atoms with Crippen LogP contribution in [0.4, 0.5) is 0 Å². The number of ketones is 1. The zero-order valence-electron chi connectivity index (χ0n) is 14.0. The van der Waals surface area contributed by atoms with E-state index in [-0.39, 0.29) is 18.1 Å². The molecule has 0 aliphatic rings. The highest BCUT2D eigenvalue weighted by atomic mass is 32.1. The first-order chi connectivity index (χ1) is 12.7. The highest BCUT2D eigenvalue weighted by molar-refractivity contribution is 7.10. The van der Waals surface area contributed by atoms with Crippen molar-refractivity contribution in [3.05, 3.63) is 76.6 Å². The van der Waals surface area contributed by atoms with E-state index in [2.05, 4.69) is 10.3 Å². The molecule has 3 aromatic rings. The van der Waals surface area contributed by atoms with Crippen LogP contribution in [0.1, 0.15) is 15.4 Å². The highest BCUT2D eigenvalue weighted by Gasteiger charge is 2.22. The molecule has 132 valence electrons. The van der Waals surface area contributed by atoms with E-state index < -0.39 is 12.6 Å². The molecule has 26 heavy (non-hydrogen) atoms. The van der Waals surface area contributed by atoms with Gasteiger partial charge in [0.25, 0.3) is 5.91 Å². The second-order valence-electron chi connectivity index (χ2n) is 5.71. The number of hydrogen-bond acceptors (Lipinski definition) is 5. The van der Waals surface area contributed by atoms with Crippen LogP contribution < -0.4 is 5.32 Å². The maximum atomic E-state index is 12.4. The molecule has 5 nitrogen and oxygen atoms in total. The van der Waals surface area contributed by atoms with Gasteiger partial charge >= 0.3 is 0 Å². The van der Waals surface area contributed by atoms with Crippen molar-refractivity contribution in [3.63, 3.8) is 0 Å². The number of benzene rings is 2. The third kappa shape index (κ3) is 4.41. The molecule has 0 fully saturated rings. The van der Waals surface area contributed by atoms with Crippen LogP contribution in [0.2, 0.25) is 0 Å². The second-order valence-corrected chi connectivity index (χ2v) is 6.65. The number of thiazole rings is 1. The molecule has 0 saturated carbocycles. The SMILES string of the molecule is O=C(N[C@@H](CO)C(=O)Cc1nc(-c2ccccc2)cs1)c1ccccc1. The third-order valence-corrected chi connectivity index (χ3v) is 4.71. The van der Waals surface area contributed by atoms with Gasteiger partial charge in [0.2, 0.25) is 0 Å². The summed E-state index contributed by atoms with van der Waals surface area (Å²) < 4.78 is 0. The molecule has 0 unspecified atom stereocenters. The normalized spacial score (nSPS) is 11.7. The zero-order valence-corrected chi connectivity index (χ0v) is 14.8. The fraction of sp³-hybridized carbons (Fsp3) is 0.150. The van der Waals surface area contributed by atoms with E-state index in [1.54, 1.807) is 30.3 Å². The van der Waals surface area contributed by atoms with Crippen molar-refractivity contribution < 1.29 is 14.7 Å². The molecule has 6 heteroatoms. The summed E-state index contributed by atoms with van der Waals surface area (Å²) in [7, 11) is 0. The van der Waals surface area contributed by atoms with E-state index in [9.17, 15) is 14.7 Å². The van der Waals surface area contributed by atoms with Crippen molar-refractivity contribution in [1.29, 1.82) is 0 Å². The van der Waals surface area contributed by atoms with Crippen LogP contribution in [-0.4, -0.2) is 34.4 Å². The van der Waals surface area contributed by atoms with E-state index in [0.29, 0.717) is 10.6 Å². The fourth-order valence-electron chi connectivity index (χ4n) is 2.46. The molecule has 0 bridgehead atoms. The van der Waals surface area contributed by atoms with Gasteiger partial charge < -0.3 is 10.4 Å². The molecular formula is C20H18N2O3S. The van der Waals surface area contributed by atoms with Crippen LogP contribution in [0.5, 0.6) is 0 Å². The molecule has 2 N–H and O–H groups in total. The number of nitrogens with one attached hydrogen (secondary N) is 1. The molecule has 0 radical (unpaired) electrons. The Morgan fingerprint density at radius 3 is 2.35 bits per heavy atom. The summed E-state index contributed by atoms with van der Waals surface area (Å²) in [6, 6.07) is 17.3. The molecule has 0 saturated heterocycles. The van der Waals surface area contributed by atoms with Crippen LogP contribution in [0.3, 0.4) is 0 Å². The maximum absolute atomic E-state index is 12.4. The van der Waals surface area contributed by atoms with Crippen molar-refractivity contribution in [2.75, 3.05) is 6.61 Å². The van der Waals surface area contributed by atoms with E-state index in [1.165, 1.54) is 11.3 Å². The number of aliphatic hydroxyl groups excluding tert-OH is 1. The van der Waals surface area contributed by atoms with Crippen LogP contribution >= 0.6 is 11.3 Å². The standard InChI is InChI=1S/C20H18N2O3S/c23-12-16(22-20(25)15-9-5-2-6-10-15)18(24)11-19-21-17(13-26-19)14-7-3-1-4-8-14/h1-10,13,16,23H,11-12H2,(H,22,25)/t16-/m0/s1. The Morgan fingerprint density at radius 1 is 1.04 bits per heavy atom. The molecule has 1 heterocycles. The lowest BCUT2D eigenvalue weighted by Gasteiger charge is -2.14. The Hall–Kier alpha value is -2.83. The average molecular weight is 366 g/mol. The molecule has 0 spiro atoms. The van der Waals surface area contributed by atoms with Gasteiger partial charge in [0.05, 0.1) is 18.7 Å². The van der Waals surface area contributed by atoms with Crippen molar-refractivity contribution in [1.82, 2.24) is 10.3 Å². The topological polar surface area (TPSA) is 79.3 Å². The quantitative estimate of drug-likeness (QED) is 0.674. The van der Waals surface area contributed by atoms with Gasteiger partial charge in [-0.25, -0.2) is 4.98 Å². The molecule has 2 aromatic carbocycles. The van der Waals surface area contributed by atoms with Gasteiger partial charge in [0.1, 0.15) is 11.0 Å². The lowest BCUT2D eigenvalue weighted by atomic mass is 10.1. The van der Waals surface area contributed by atoms with Gasteiger partial charge in [-0.05, 0) is 12.1 Å². The van der Waals surface area contributed by atoms with E-state index in [4.69, 9.17) is 0 Å². The zero-order chi connectivity index (χ0) is 18.4. The Labute approximate surface area is 155 Å². The van der Waals surface area contributed by atoms with Crippen LogP contribution in [0.25, 0.3) is 11.3 Å². The summed E-state index contributed by atoms with van der Waals surface area (Å²) in [5, 5.41) is 14.6. The molecule has 0 aliphatic heterocycles. The van der Waals surface area contributed by atoms with Gasteiger partial charge in [0, 0.05) is 16.5 Å². The Balaban J connectivity index is 1.64. The van der Waals surface area contributed by atoms with E-state index in [1.807, 2.05) is 35.7 Å². The summed E-state index contributed by atoms with van der Waals surface area (Å²) in [6.07, 6.45) is 0.0673. The average Bonchev–Trinajstić information content (AvgIpc) is 3.15. The first-order valence-electron chi connectivity index (χ1n) is 8.16. The number of hydrogen-bond donors (Lipinski definition) is 2. The van der Waals surface area contributed by atoms with Crippen LogP contribution in [0, 0.1) is 0 Å². The number of carbonyl (C=O) groups is 2. The van der Waals surface area contributed by atoms with Gasteiger partial charge in [-0.1, -0.05) is 48.5 Å². The molecular weight excluding hydrogens is 348 g/mol. The first kappa shape index (κ1) is 18.0. The van der Waals surface area contributed by atoms with Gasteiger partial charge in [-0.3, -0.25) is 9.59 Å². The van der Waals surface area contributed by atoms with E-state index >= 15 is 0 Å². The first-order valence-corrected chi connectivity index (χ1v) is 9.04. The minimum Gasteiger partial charge on any atom is -0.394 e. The number of rotatable bonds is 7. The number of nitrogens with zero attached hydrogens (tertiary/aromatic N) is 1. The van der Waals surface area contributed by atoms with Crippen molar-refractivity contribution in [3.8, 4) is 11.3 Å². The van der Waals surface area contributed by atoms with Crippen LogP contribution in [-0.2, 0) is 11.2 Å². The lowest BCUT2D eigenvalue weighted by molar-refractivity contribution is -0.121. The third-order valence-electron chi connectivity index (χ3n) is 3.86. The minimum absolute atomic E-state index is 0.0673.